The maximum absolute atomic E-state index is 5.19. The molecular formula is C50H31N5S. The number of benzene rings is 7. The third kappa shape index (κ3) is 5.38. The fourth-order valence-corrected chi connectivity index (χ4v) is 9.12. The van der Waals surface area contributed by atoms with Gasteiger partial charge in [0.25, 0.3) is 0 Å². The molecule has 0 radical (unpaired) electrons. The number of para-hydroxylation sites is 2. The van der Waals surface area contributed by atoms with Crippen molar-refractivity contribution in [2.45, 2.75) is 0 Å². The van der Waals surface area contributed by atoms with Crippen LogP contribution in [0, 0.1) is 0 Å². The molecule has 0 atom stereocenters. The number of hydrogen-bond donors (Lipinski definition) is 0. The van der Waals surface area contributed by atoms with Gasteiger partial charge in [-0.1, -0.05) is 152 Å². The highest BCUT2D eigenvalue weighted by Gasteiger charge is 2.19. The standard InChI is InChI=1S/C50H31N5S/c1-3-12-32(13-4-1)37-27-26-36(30-45(37)55-43-20-9-7-16-39(43)40-17-8-10-21-44(40)55)50-53-48(34-14-5-2-6-15-34)52-49(54-50)35-24-22-33(23-25-35)38-18-11-19-41-42-31-51-29-28-46(42)56-47(38)41/h1-31H. The first-order chi connectivity index (χ1) is 27.8. The molecule has 0 spiro atoms. The van der Waals surface area contributed by atoms with Crippen molar-refractivity contribution in [1.82, 2.24) is 24.5 Å². The van der Waals surface area contributed by atoms with Crippen LogP contribution >= 0.6 is 11.3 Å². The van der Waals surface area contributed by atoms with Gasteiger partial charge in [0, 0.05) is 65.6 Å². The van der Waals surface area contributed by atoms with E-state index in [1.54, 1.807) is 0 Å². The molecule has 0 saturated carbocycles. The lowest BCUT2D eigenvalue weighted by Gasteiger charge is -2.16. The average Bonchev–Trinajstić information content (AvgIpc) is 3.83. The van der Waals surface area contributed by atoms with Gasteiger partial charge < -0.3 is 4.57 Å². The highest BCUT2D eigenvalue weighted by atomic mass is 32.1. The molecule has 56 heavy (non-hydrogen) atoms. The minimum Gasteiger partial charge on any atom is -0.309 e. The number of nitrogens with zero attached hydrogens (tertiary/aromatic N) is 5. The number of fused-ring (bicyclic) bond motifs is 6. The first kappa shape index (κ1) is 32.2. The summed E-state index contributed by atoms with van der Waals surface area (Å²) < 4.78 is 4.88. The van der Waals surface area contributed by atoms with Crippen molar-refractivity contribution in [1.29, 1.82) is 0 Å². The van der Waals surface area contributed by atoms with Gasteiger partial charge >= 0.3 is 0 Å². The van der Waals surface area contributed by atoms with Crippen molar-refractivity contribution in [2.24, 2.45) is 0 Å². The van der Waals surface area contributed by atoms with Crippen LogP contribution in [-0.2, 0) is 0 Å². The first-order valence-electron chi connectivity index (χ1n) is 18.6. The Morgan fingerprint density at radius 3 is 1.62 bits per heavy atom. The number of aromatic nitrogens is 5. The summed E-state index contributed by atoms with van der Waals surface area (Å²) in [6, 6.07) is 61.8. The smallest absolute Gasteiger partial charge is 0.164 e. The molecule has 0 aliphatic rings. The zero-order chi connectivity index (χ0) is 37.0. The summed E-state index contributed by atoms with van der Waals surface area (Å²) in [5.74, 6) is 1.86. The molecule has 4 aromatic heterocycles. The third-order valence-electron chi connectivity index (χ3n) is 10.6. The molecule has 11 aromatic rings. The molecule has 6 heteroatoms. The summed E-state index contributed by atoms with van der Waals surface area (Å²) in [6.07, 6.45) is 3.83. The van der Waals surface area contributed by atoms with Crippen molar-refractivity contribution in [3.63, 3.8) is 0 Å². The topological polar surface area (TPSA) is 56.5 Å². The second-order valence-corrected chi connectivity index (χ2v) is 14.9. The minimum atomic E-state index is 0.614. The molecule has 0 fully saturated rings. The van der Waals surface area contributed by atoms with E-state index in [-0.39, 0.29) is 0 Å². The molecule has 0 aliphatic carbocycles. The minimum absolute atomic E-state index is 0.614. The van der Waals surface area contributed by atoms with E-state index in [1.807, 2.05) is 41.9 Å². The molecule has 262 valence electrons. The van der Waals surface area contributed by atoms with Gasteiger partial charge in [0.2, 0.25) is 0 Å². The van der Waals surface area contributed by atoms with Crippen LogP contribution in [0.25, 0.3) is 104 Å². The third-order valence-corrected chi connectivity index (χ3v) is 11.8. The summed E-state index contributed by atoms with van der Waals surface area (Å²) in [7, 11) is 0. The van der Waals surface area contributed by atoms with Crippen molar-refractivity contribution in [2.75, 3.05) is 0 Å². The van der Waals surface area contributed by atoms with E-state index in [1.165, 1.54) is 36.5 Å². The fourth-order valence-electron chi connectivity index (χ4n) is 7.92. The van der Waals surface area contributed by atoms with E-state index in [2.05, 4.69) is 167 Å². The summed E-state index contributed by atoms with van der Waals surface area (Å²) in [4.78, 5) is 19.8. The van der Waals surface area contributed by atoms with Crippen LogP contribution in [0.2, 0.25) is 0 Å². The SMILES string of the molecule is c1ccc(-c2nc(-c3ccc(-c4cccc5c4sc4ccncc45)cc3)nc(-c3ccc(-c4ccccc4)c(-n4c5ccccc5c5ccccc54)c3)n2)cc1. The molecule has 0 amide bonds. The van der Waals surface area contributed by atoms with Gasteiger partial charge in [-0.15, -0.1) is 11.3 Å². The molecule has 4 heterocycles. The monoisotopic (exact) mass is 733 g/mol. The Kier molecular flexibility index (Phi) is 7.60. The summed E-state index contributed by atoms with van der Waals surface area (Å²) in [6.45, 7) is 0. The molecule has 0 unspecified atom stereocenters. The normalized spacial score (nSPS) is 11.6. The molecule has 0 bridgehead atoms. The molecular weight excluding hydrogens is 703 g/mol. The second-order valence-electron chi connectivity index (χ2n) is 13.9. The number of rotatable bonds is 6. The molecule has 11 rings (SSSR count). The van der Waals surface area contributed by atoms with Gasteiger partial charge in [0.05, 0.1) is 16.7 Å². The van der Waals surface area contributed by atoms with Gasteiger partial charge in [0.15, 0.2) is 17.5 Å². The van der Waals surface area contributed by atoms with E-state index in [0.717, 1.165) is 50.1 Å². The Morgan fingerprint density at radius 1 is 0.393 bits per heavy atom. The van der Waals surface area contributed by atoms with E-state index >= 15 is 0 Å². The molecule has 5 nitrogen and oxygen atoms in total. The van der Waals surface area contributed by atoms with E-state index in [4.69, 9.17) is 15.0 Å². The first-order valence-corrected chi connectivity index (χ1v) is 19.4. The maximum Gasteiger partial charge on any atom is 0.164 e. The van der Waals surface area contributed by atoms with Crippen molar-refractivity contribution in [3.05, 3.63) is 188 Å². The van der Waals surface area contributed by atoms with Crippen molar-refractivity contribution >= 4 is 53.3 Å². The maximum atomic E-state index is 5.19. The van der Waals surface area contributed by atoms with Crippen LogP contribution < -0.4 is 0 Å². The lowest BCUT2D eigenvalue weighted by atomic mass is 10.0. The molecule has 0 saturated heterocycles. The van der Waals surface area contributed by atoms with Gasteiger partial charge in [-0.2, -0.15) is 0 Å². The van der Waals surface area contributed by atoms with Gasteiger partial charge in [-0.25, -0.2) is 15.0 Å². The summed E-state index contributed by atoms with van der Waals surface area (Å²) in [5, 5.41) is 4.85. The van der Waals surface area contributed by atoms with E-state index < -0.39 is 0 Å². The Bertz CT molecular complexity index is 3190. The number of thiophene rings is 1. The highest BCUT2D eigenvalue weighted by Crippen LogP contribution is 2.41. The lowest BCUT2D eigenvalue weighted by molar-refractivity contribution is 1.07. The Morgan fingerprint density at radius 2 is 0.929 bits per heavy atom. The van der Waals surface area contributed by atoms with Crippen molar-refractivity contribution < 1.29 is 0 Å². The molecule has 0 N–H and O–H groups in total. The quantitative estimate of drug-likeness (QED) is 0.171. The number of hydrogen-bond acceptors (Lipinski definition) is 5. The predicted molar refractivity (Wildman–Crippen MR) is 232 cm³/mol. The van der Waals surface area contributed by atoms with Gasteiger partial charge in [-0.05, 0) is 41.0 Å². The lowest BCUT2D eigenvalue weighted by Crippen LogP contribution is -2.02. The van der Waals surface area contributed by atoms with Gasteiger partial charge in [0.1, 0.15) is 0 Å². The van der Waals surface area contributed by atoms with Crippen LogP contribution in [0.3, 0.4) is 0 Å². The van der Waals surface area contributed by atoms with Gasteiger partial charge in [-0.3, -0.25) is 4.98 Å². The van der Waals surface area contributed by atoms with Crippen molar-refractivity contribution in [3.8, 4) is 62.1 Å². The largest absolute Gasteiger partial charge is 0.309 e. The molecule has 0 aliphatic heterocycles. The average molecular weight is 734 g/mol. The zero-order valence-electron chi connectivity index (χ0n) is 30.0. The van der Waals surface area contributed by atoms with Crippen LogP contribution in [0.5, 0.6) is 0 Å². The Hall–Kier alpha value is -7.28. The van der Waals surface area contributed by atoms with E-state index in [9.17, 15) is 0 Å². The summed E-state index contributed by atoms with van der Waals surface area (Å²) >= 11 is 1.81. The Balaban J connectivity index is 1.08. The van der Waals surface area contributed by atoms with E-state index in [0.29, 0.717) is 17.5 Å². The van der Waals surface area contributed by atoms with Crippen LogP contribution in [0.1, 0.15) is 0 Å². The number of pyridine rings is 1. The van der Waals surface area contributed by atoms with Crippen LogP contribution in [0.4, 0.5) is 0 Å². The van der Waals surface area contributed by atoms with Crippen LogP contribution in [0.15, 0.2) is 188 Å². The fraction of sp³-hybridized carbons (Fsp3) is 0. The molecule has 7 aromatic carbocycles. The highest BCUT2D eigenvalue weighted by molar-refractivity contribution is 7.26. The summed E-state index contributed by atoms with van der Waals surface area (Å²) in [5.41, 5.74) is 10.7. The second kappa shape index (κ2) is 13.2. The van der Waals surface area contributed by atoms with Crippen LogP contribution in [-0.4, -0.2) is 24.5 Å². The zero-order valence-corrected chi connectivity index (χ0v) is 30.9. The Labute approximate surface area is 326 Å². The predicted octanol–water partition coefficient (Wildman–Crippen LogP) is 13.1.